The van der Waals surface area contributed by atoms with Crippen LogP contribution in [0.4, 0.5) is 10.5 Å². The maximum atomic E-state index is 12.8. The number of likely N-dealkylation sites (tertiary alicyclic amines) is 1. The summed E-state index contributed by atoms with van der Waals surface area (Å²) in [6, 6.07) is 15.1. The number of carbonyl (C=O) groups excluding carboxylic acids is 1. The molecule has 1 aliphatic rings. The van der Waals surface area contributed by atoms with Crippen LogP contribution in [-0.4, -0.2) is 40.8 Å². The average Bonchev–Trinajstić information content (AvgIpc) is 3.26. The van der Waals surface area contributed by atoms with E-state index < -0.39 is 0 Å². The molecule has 0 radical (unpaired) electrons. The van der Waals surface area contributed by atoms with E-state index in [1.54, 1.807) is 4.90 Å². The number of halogens is 1. The van der Waals surface area contributed by atoms with E-state index in [9.17, 15) is 4.79 Å². The summed E-state index contributed by atoms with van der Waals surface area (Å²) in [6.07, 6.45) is 1.78. The number of nitrogens with zero attached hydrogens (tertiary/aromatic N) is 3. The zero-order chi connectivity index (χ0) is 20.9. The highest BCUT2D eigenvalue weighted by Gasteiger charge is 2.29. The molecule has 2 aromatic carbocycles. The largest absolute Gasteiger partial charge is 0.492 e. The third-order valence-corrected chi connectivity index (χ3v) is 5.56. The van der Waals surface area contributed by atoms with Crippen molar-refractivity contribution in [2.24, 2.45) is 0 Å². The zero-order valence-electron chi connectivity index (χ0n) is 16.7. The monoisotopic (exact) mass is 470 g/mol. The maximum Gasteiger partial charge on any atom is 0.321 e. The van der Waals surface area contributed by atoms with Crippen LogP contribution in [0.15, 0.2) is 57.5 Å². The Morgan fingerprint density at radius 3 is 2.87 bits per heavy atom. The normalized spacial score (nSPS) is 16.3. The summed E-state index contributed by atoms with van der Waals surface area (Å²) in [5.74, 6) is 1.81. The van der Waals surface area contributed by atoms with Crippen molar-refractivity contribution < 1.29 is 14.1 Å². The first-order chi connectivity index (χ1) is 14.6. The van der Waals surface area contributed by atoms with Crippen LogP contribution in [0.25, 0.3) is 11.4 Å². The molecule has 30 heavy (non-hydrogen) atoms. The molecule has 1 unspecified atom stereocenters. The van der Waals surface area contributed by atoms with Crippen LogP contribution >= 0.6 is 15.9 Å². The van der Waals surface area contributed by atoms with E-state index in [2.05, 4.69) is 31.4 Å². The Balaban J connectivity index is 1.43. The van der Waals surface area contributed by atoms with Crippen LogP contribution in [0.5, 0.6) is 5.75 Å². The number of piperidine rings is 1. The van der Waals surface area contributed by atoms with E-state index in [4.69, 9.17) is 9.26 Å². The molecule has 1 aliphatic heterocycles. The smallest absolute Gasteiger partial charge is 0.321 e. The Hall–Kier alpha value is -2.87. The third-order valence-electron chi connectivity index (χ3n) is 5.03. The van der Waals surface area contributed by atoms with Gasteiger partial charge in [-0.15, -0.1) is 0 Å². The summed E-state index contributed by atoms with van der Waals surface area (Å²) in [6.45, 7) is 3.68. The van der Waals surface area contributed by atoms with Crippen molar-refractivity contribution >= 4 is 27.6 Å². The van der Waals surface area contributed by atoms with Gasteiger partial charge in [0, 0.05) is 23.1 Å². The number of amides is 2. The molecule has 0 bridgehead atoms. The van der Waals surface area contributed by atoms with Crippen molar-refractivity contribution in [3.05, 3.63) is 58.9 Å². The lowest BCUT2D eigenvalue weighted by atomic mass is 9.98. The maximum absolute atomic E-state index is 12.8. The van der Waals surface area contributed by atoms with Crippen LogP contribution in [0, 0.1) is 0 Å². The summed E-state index contributed by atoms with van der Waals surface area (Å²) in [5, 5.41) is 7.09. The number of anilines is 1. The van der Waals surface area contributed by atoms with Gasteiger partial charge >= 0.3 is 6.03 Å². The third kappa shape index (κ3) is 4.64. The molecule has 0 saturated carbocycles. The second kappa shape index (κ2) is 9.30. The molecule has 1 N–H and O–H groups in total. The number of hydrogen-bond donors (Lipinski definition) is 1. The summed E-state index contributed by atoms with van der Waals surface area (Å²) in [7, 11) is 0. The number of nitrogens with one attached hydrogen (secondary N) is 1. The minimum Gasteiger partial charge on any atom is -0.492 e. The van der Waals surface area contributed by atoms with E-state index >= 15 is 0 Å². The standard InChI is InChI=1S/C22H23BrN4O3/c1-2-29-19-8-4-3-7-18(19)24-22(28)27-13-5-6-16(14-27)21-25-20(26-30-21)15-9-11-17(23)12-10-15/h3-4,7-12,16H,2,5-6,13-14H2,1H3,(H,24,28). The highest BCUT2D eigenvalue weighted by molar-refractivity contribution is 9.10. The molecule has 2 amide bonds. The van der Waals surface area contributed by atoms with E-state index in [1.165, 1.54) is 0 Å². The lowest BCUT2D eigenvalue weighted by Crippen LogP contribution is -2.41. The number of ether oxygens (including phenoxy) is 1. The van der Waals surface area contributed by atoms with Gasteiger partial charge in [0.05, 0.1) is 18.2 Å². The lowest BCUT2D eigenvalue weighted by Gasteiger charge is -2.31. The lowest BCUT2D eigenvalue weighted by molar-refractivity contribution is 0.184. The molecule has 1 fully saturated rings. The summed E-state index contributed by atoms with van der Waals surface area (Å²) in [5.41, 5.74) is 1.56. The first kappa shape index (κ1) is 20.4. The molecule has 7 nitrogen and oxygen atoms in total. The van der Waals surface area contributed by atoms with E-state index in [0.29, 0.717) is 42.8 Å². The summed E-state index contributed by atoms with van der Waals surface area (Å²) in [4.78, 5) is 19.2. The first-order valence-corrected chi connectivity index (χ1v) is 10.8. The molecule has 0 spiro atoms. The molecule has 156 valence electrons. The van der Waals surface area contributed by atoms with Gasteiger partial charge in [-0.05, 0) is 56.2 Å². The van der Waals surface area contributed by atoms with Crippen molar-refractivity contribution in [3.63, 3.8) is 0 Å². The van der Waals surface area contributed by atoms with Crippen molar-refractivity contribution in [1.29, 1.82) is 0 Å². The number of urea groups is 1. The predicted molar refractivity (Wildman–Crippen MR) is 118 cm³/mol. The number of carbonyl (C=O) groups is 1. The molecule has 2 heterocycles. The Morgan fingerprint density at radius 1 is 1.27 bits per heavy atom. The first-order valence-electron chi connectivity index (χ1n) is 10.0. The average molecular weight is 471 g/mol. The fraction of sp³-hybridized carbons (Fsp3) is 0.318. The zero-order valence-corrected chi connectivity index (χ0v) is 18.3. The van der Waals surface area contributed by atoms with Gasteiger partial charge in [0.1, 0.15) is 5.75 Å². The van der Waals surface area contributed by atoms with Gasteiger partial charge < -0.3 is 19.5 Å². The molecule has 4 rings (SSSR count). The van der Waals surface area contributed by atoms with Gasteiger partial charge in [0.2, 0.25) is 11.7 Å². The highest BCUT2D eigenvalue weighted by atomic mass is 79.9. The molecule has 3 aromatic rings. The van der Waals surface area contributed by atoms with Gasteiger partial charge in [-0.25, -0.2) is 4.79 Å². The van der Waals surface area contributed by atoms with Gasteiger partial charge in [-0.2, -0.15) is 4.98 Å². The predicted octanol–water partition coefficient (Wildman–Crippen LogP) is 5.31. The molecular formula is C22H23BrN4O3. The molecular weight excluding hydrogens is 448 g/mol. The molecule has 1 aromatic heterocycles. The molecule has 1 saturated heterocycles. The minimum absolute atomic E-state index is 0.0170. The fourth-order valence-electron chi connectivity index (χ4n) is 3.53. The fourth-order valence-corrected chi connectivity index (χ4v) is 3.79. The van der Waals surface area contributed by atoms with Gasteiger partial charge in [0.15, 0.2) is 0 Å². The quantitative estimate of drug-likeness (QED) is 0.546. The Labute approximate surface area is 183 Å². The minimum atomic E-state index is -0.153. The molecule has 8 heteroatoms. The van der Waals surface area contributed by atoms with Crippen molar-refractivity contribution in [2.45, 2.75) is 25.7 Å². The Kier molecular flexibility index (Phi) is 6.32. The Morgan fingerprint density at radius 2 is 2.07 bits per heavy atom. The summed E-state index contributed by atoms with van der Waals surface area (Å²) < 4.78 is 12.1. The van der Waals surface area contributed by atoms with Crippen molar-refractivity contribution in [3.8, 4) is 17.1 Å². The molecule has 0 aliphatic carbocycles. The summed E-state index contributed by atoms with van der Waals surface area (Å²) >= 11 is 3.43. The second-order valence-electron chi connectivity index (χ2n) is 7.11. The van der Waals surface area contributed by atoms with Gasteiger partial charge in [-0.1, -0.05) is 33.2 Å². The SMILES string of the molecule is CCOc1ccccc1NC(=O)N1CCCC(c2nc(-c3ccc(Br)cc3)no2)C1. The van der Waals surface area contributed by atoms with E-state index in [1.807, 2.05) is 55.5 Å². The number of hydrogen-bond acceptors (Lipinski definition) is 5. The van der Waals surface area contributed by atoms with Crippen LogP contribution in [0.2, 0.25) is 0 Å². The van der Waals surface area contributed by atoms with Gasteiger partial charge in [-0.3, -0.25) is 0 Å². The number of rotatable bonds is 5. The molecule has 1 atom stereocenters. The number of para-hydroxylation sites is 2. The van der Waals surface area contributed by atoms with Gasteiger partial charge in [0.25, 0.3) is 0 Å². The topological polar surface area (TPSA) is 80.5 Å². The van der Waals surface area contributed by atoms with Crippen molar-refractivity contribution in [2.75, 3.05) is 25.0 Å². The van der Waals surface area contributed by atoms with E-state index in [0.717, 1.165) is 22.9 Å². The number of aromatic nitrogens is 2. The van der Waals surface area contributed by atoms with Crippen LogP contribution in [0.1, 0.15) is 31.6 Å². The van der Waals surface area contributed by atoms with Crippen LogP contribution < -0.4 is 10.1 Å². The van der Waals surface area contributed by atoms with Crippen molar-refractivity contribution in [1.82, 2.24) is 15.0 Å². The Bertz CT molecular complexity index is 1010. The van der Waals surface area contributed by atoms with E-state index in [-0.39, 0.29) is 11.9 Å². The van der Waals surface area contributed by atoms with Crippen LogP contribution in [-0.2, 0) is 0 Å². The highest BCUT2D eigenvalue weighted by Crippen LogP contribution is 2.29. The number of benzene rings is 2. The second-order valence-corrected chi connectivity index (χ2v) is 8.02. The van der Waals surface area contributed by atoms with Crippen LogP contribution in [0.3, 0.4) is 0 Å².